The predicted octanol–water partition coefficient (Wildman–Crippen LogP) is 5.33. The molecule has 0 aromatic heterocycles. The van der Waals surface area contributed by atoms with Gasteiger partial charge in [0.1, 0.15) is 0 Å². The Kier molecular flexibility index (Phi) is 8.21. The monoisotopic (exact) mass is 395 g/mol. The molecule has 0 aromatic carbocycles. The molecule has 2 amide bonds. The van der Waals surface area contributed by atoms with Gasteiger partial charge in [-0.25, -0.2) is 4.79 Å². The van der Waals surface area contributed by atoms with Crippen LogP contribution in [0, 0.1) is 0 Å². The van der Waals surface area contributed by atoms with Crippen LogP contribution >= 0.6 is 0 Å². The molecule has 4 heteroatoms. The van der Waals surface area contributed by atoms with Gasteiger partial charge >= 0.3 is 6.03 Å². The molecule has 0 bridgehead atoms. The smallest absolute Gasteiger partial charge is 0.317 e. The van der Waals surface area contributed by atoms with E-state index in [0.717, 1.165) is 51.9 Å². The standard InChI is InChI=1S/C25H37N3O/c1-3-10-22(20-24(4-2)27-15-8-6-5-7-9-16-27)19-21-13-17-28(18-14-21)25(29)26-23-11-12-23/h3-4,10,19-20,23H,1-2,5-9,11-18H2,(H,26,29)/b22-10-,24-20+. The topological polar surface area (TPSA) is 35.6 Å². The highest BCUT2D eigenvalue weighted by Crippen LogP contribution is 2.23. The van der Waals surface area contributed by atoms with Crippen LogP contribution < -0.4 is 5.32 Å². The molecule has 1 N–H and O–H groups in total. The van der Waals surface area contributed by atoms with Crippen LogP contribution in [0.4, 0.5) is 4.79 Å². The summed E-state index contributed by atoms with van der Waals surface area (Å²) in [6.45, 7) is 11.8. The highest BCUT2D eigenvalue weighted by atomic mass is 16.2. The molecule has 29 heavy (non-hydrogen) atoms. The van der Waals surface area contributed by atoms with Crippen molar-refractivity contribution in [2.24, 2.45) is 0 Å². The van der Waals surface area contributed by atoms with Crippen LogP contribution in [0.1, 0.15) is 57.8 Å². The van der Waals surface area contributed by atoms with Crippen LogP contribution in [-0.4, -0.2) is 48.1 Å². The Morgan fingerprint density at radius 2 is 1.59 bits per heavy atom. The first-order valence-electron chi connectivity index (χ1n) is 11.4. The Morgan fingerprint density at radius 1 is 0.931 bits per heavy atom. The van der Waals surface area contributed by atoms with Crippen molar-refractivity contribution in [1.29, 1.82) is 0 Å². The van der Waals surface area contributed by atoms with E-state index < -0.39 is 0 Å². The fourth-order valence-corrected chi connectivity index (χ4v) is 4.10. The zero-order chi connectivity index (χ0) is 20.5. The molecule has 0 radical (unpaired) electrons. The largest absolute Gasteiger partial charge is 0.372 e. The summed E-state index contributed by atoms with van der Waals surface area (Å²) in [5.41, 5.74) is 3.78. The van der Waals surface area contributed by atoms with Gasteiger partial charge in [-0.05, 0) is 56.3 Å². The molecule has 2 saturated heterocycles. The van der Waals surface area contributed by atoms with Crippen LogP contribution in [0.3, 0.4) is 0 Å². The summed E-state index contributed by atoms with van der Waals surface area (Å²) in [4.78, 5) is 16.7. The number of hydrogen-bond acceptors (Lipinski definition) is 2. The van der Waals surface area contributed by atoms with Crippen LogP contribution in [-0.2, 0) is 0 Å². The number of nitrogens with zero attached hydrogens (tertiary/aromatic N) is 2. The number of carbonyl (C=O) groups excluding carboxylic acids is 1. The van der Waals surface area contributed by atoms with Gasteiger partial charge in [0, 0.05) is 37.9 Å². The van der Waals surface area contributed by atoms with Crippen LogP contribution in [0.15, 0.2) is 60.4 Å². The maximum atomic E-state index is 12.2. The minimum Gasteiger partial charge on any atom is -0.372 e. The first kappa shape index (κ1) is 21.5. The van der Waals surface area contributed by atoms with E-state index in [-0.39, 0.29) is 6.03 Å². The minimum atomic E-state index is 0.110. The minimum absolute atomic E-state index is 0.110. The number of nitrogens with one attached hydrogen (secondary N) is 1. The van der Waals surface area contributed by atoms with Crippen molar-refractivity contribution in [3.05, 3.63) is 60.4 Å². The number of likely N-dealkylation sites (tertiary alicyclic amines) is 2. The van der Waals surface area contributed by atoms with Gasteiger partial charge in [-0.3, -0.25) is 0 Å². The van der Waals surface area contributed by atoms with E-state index in [1.807, 2.05) is 17.1 Å². The van der Waals surface area contributed by atoms with Gasteiger partial charge in [0.15, 0.2) is 0 Å². The first-order chi connectivity index (χ1) is 14.2. The zero-order valence-electron chi connectivity index (χ0n) is 17.9. The molecular formula is C25H37N3O. The fourth-order valence-electron chi connectivity index (χ4n) is 4.10. The van der Waals surface area contributed by atoms with Gasteiger partial charge in [0.25, 0.3) is 0 Å². The molecule has 1 aliphatic carbocycles. The Hall–Kier alpha value is -2.23. The Morgan fingerprint density at radius 3 is 2.17 bits per heavy atom. The van der Waals surface area contributed by atoms with Gasteiger partial charge < -0.3 is 15.1 Å². The number of rotatable bonds is 6. The molecule has 0 unspecified atom stereocenters. The summed E-state index contributed by atoms with van der Waals surface area (Å²) in [5, 5.41) is 3.10. The number of allylic oxidation sites excluding steroid dienone is 6. The maximum absolute atomic E-state index is 12.2. The van der Waals surface area contributed by atoms with E-state index in [1.54, 1.807) is 0 Å². The molecule has 0 atom stereocenters. The van der Waals surface area contributed by atoms with Crippen molar-refractivity contribution in [2.75, 3.05) is 26.2 Å². The van der Waals surface area contributed by atoms with Gasteiger partial charge in [-0.1, -0.05) is 56.2 Å². The molecule has 0 spiro atoms. The molecule has 2 heterocycles. The molecule has 1 saturated carbocycles. The van der Waals surface area contributed by atoms with Crippen LogP contribution in [0.25, 0.3) is 0 Å². The summed E-state index contributed by atoms with van der Waals surface area (Å²) in [5.74, 6) is 0. The first-order valence-corrected chi connectivity index (χ1v) is 11.4. The van der Waals surface area contributed by atoms with Crippen molar-refractivity contribution in [2.45, 2.75) is 63.8 Å². The van der Waals surface area contributed by atoms with Crippen LogP contribution in [0.2, 0.25) is 0 Å². The number of carbonyl (C=O) groups is 1. The SMILES string of the molecule is C=C/C=C(C=C1CCN(C(=O)NC2CC2)CC1)\C=C(/C=C)N1CCCCCCC1. The third-order valence-electron chi connectivity index (χ3n) is 6.02. The van der Waals surface area contributed by atoms with Crippen molar-refractivity contribution in [1.82, 2.24) is 15.1 Å². The van der Waals surface area contributed by atoms with E-state index in [2.05, 4.69) is 41.6 Å². The molecular weight excluding hydrogens is 358 g/mol. The molecule has 3 aliphatic rings. The summed E-state index contributed by atoms with van der Waals surface area (Å²) >= 11 is 0. The highest BCUT2D eigenvalue weighted by molar-refractivity contribution is 5.75. The second-order valence-corrected chi connectivity index (χ2v) is 8.44. The number of urea groups is 1. The normalized spacial score (nSPS) is 21.9. The second-order valence-electron chi connectivity index (χ2n) is 8.44. The third kappa shape index (κ3) is 6.95. The molecule has 0 aromatic rings. The Labute approximate surface area is 176 Å². The van der Waals surface area contributed by atoms with Crippen molar-refractivity contribution < 1.29 is 4.79 Å². The van der Waals surface area contributed by atoms with E-state index in [0.29, 0.717) is 6.04 Å². The maximum Gasteiger partial charge on any atom is 0.317 e. The number of hydrogen-bond donors (Lipinski definition) is 1. The lowest BCUT2D eigenvalue weighted by molar-refractivity contribution is 0.193. The summed E-state index contributed by atoms with van der Waals surface area (Å²) in [6, 6.07) is 0.534. The number of amides is 2. The van der Waals surface area contributed by atoms with E-state index in [4.69, 9.17) is 0 Å². The van der Waals surface area contributed by atoms with Gasteiger partial charge in [0.05, 0.1) is 0 Å². The second kappa shape index (κ2) is 11.1. The van der Waals surface area contributed by atoms with Crippen molar-refractivity contribution >= 4 is 6.03 Å². The average Bonchev–Trinajstić information content (AvgIpc) is 3.51. The summed E-state index contributed by atoms with van der Waals surface area (Å²) < 4.78 is 0. The summed E-state index contributed by atoms with van der Waals surface area (Å²) in [7, 11) is 0. The molecule has 158 valence electrons. The fraction of sp³-hybridized carbons (Fsp3) is 0.560. The Balaban J connectivity index is 1.63. The molecule has 3 rings (SSSR count). The van der Waals surface area contributed by atoms with E-state index in [1.165, 1.54) is 48.9 Å². The van der Waals surface area contributed by atoms with E-state index in [9.17, 15) is 4.79 Å². The number of piperidine rings is 1. The zero-order valence-corrected chi connectivity index (χ0v) is 17.9. The Bertz CT molecular complexity index is 666. The van der Waals surface area contributed by atoms with Gasteiger partial charge in [0.2, 0.25) is 0 Å². The molecule has 3 fully saturated rings. The average molecular weight is 396 g/mol. The van der Waals surface area contributed by atoms with E-state index >= 15 is 0 Å². The van der Waals surface area contributed by atoms with Crippen LogP contribution in [0.5, 0.6) is 0 Å². The van der Waals surface area contributed by atoms with Gasteiger partial charge in [-0.15, -0.1) is 0 Å². The molecule has 2 aliphatic heterocycles. The lowest BCUT2D eigenvalue weighted by atomic mass is 10.00. The lowest BCUT2D eigenvalue weighted by Gasteiger charge is -2.29. The quantitative estimate of drug-likeness (QED) is 0.617. The summed E-state index contributed by atoms with van der Waals surface area (Å²) in [6.07, 6.45) is 21.1. The predicted molar refractivity (Wildman–Crippen MR) is 122 cm³/mol. The third-order valence-corrected chi connectivity index (χ3v) is 6.02. The van der Waals surface area contributed by atoms with Gasteiger partial charge in [-0.2, -0.15) is 0 Å². The van der Waals surface area contributed by atoms with Crippen molar-refractivity contribution in [3.63, 3.8) is 0 Å². The molecule has 4 nitrogen and oxygen atoms in total. The lowest BCUT2D eigenvalue weighted by Crippen LogP contribution is -2.44. The van der Waals surface area contributed by atoms with Crippen molar-refractivity contribution in [3.8, 4) is 0 Å². The highest BCUT2D eigenvalue weighted by Gasteiger charge is 2.27.